The standard InChI is InChI=1S/C23H24FN3O2S/c1-16-22(30-21(25-16)14-17-6-8-18(24)9-7-17)23(28)27-12-10-26(11-13-27)19-4-3-5-20(15-19)29-2/h3-9,15H,10-14H2,1-2H3. The number of aryl methyl sites for hydroxylation is 1. The van der Waals surface area contributed by atoms with Crippen molar-refractivity contribution < 1.29 is 13.9 Å². The van der Waals surface area contributed by atoms with E-state index in [0.717, 1.165) is 40.8 Å². The summed E-state index contributed by atoms with van der Waals surface area (Å²) in [6, 6.07) is 14.4. The van der Waals surface area contributed by atoms with E-state index in [-0.39, 0.29) is 11.7 Å². The van der Waals surface area contributed by atoms with Crippen LogP contribution in [0.25, 0.3) is 0 Å². The average Bonchev–Trinajstić information content (AvgIpc) is 3.15. The van der Waals surface area contributed by atoms with Crippen LogP contribution in [0.5, 0.6) is 5.75 Å². The largest absolute Gasteiger partial charge is 0.497 e. The van der Waals surface area contributed by atoms with Crippen LogP contribution in [0.15, 0.2) is 48.5 Å². The maximum Gasteiger partial charge on any atom is 0.265 e. The average molecular weight is 426 g/mol. The number of amides is 1. The first-order chi connectivity index (χ1) is 14.5. The van der Waals surface area contributed by atoms with E-state index in [1.807, 2.05) is 30.0 Å². The summed E-state index contributed by atoms with van der Waals surface area (Å²) >= 11 is 1.44. The van der Waals surface area contributed by atoms with Gasteiger partial charge in [0.05, 0.1) is 17.8 Å². The molecule has 7 heteroatoms. The molecule has 0 saturated carbocycles. The molecule has 4 rings (SSSR count). The Morgan fingerprint density at radius 2 is 1.87 bits per heavy atom. The zero-order valence-corrected chi connectivity index (χ0v) is 17.9. The number of benzene rings is 2. The predicted octanol–water partition coefficient (Wildman–Crippen LogP) is 4.15. The summed E-state index contributed by atoms with van der Waals surface area (Å²) in [6.07, 6.45) is 0.600. The molecule has 0 N–H and O–H groups in total. The maximum absolute atomic E-state index is 13.1. The maximum atomic E-state index is 13.1. The Morgan fingerprint density at radius 1 is 1.13 bits per heavy atom. The fourth-order valence-electron chi connectivity index (χ4n) is 3.62. The summed E-state index contributed by atoms with van der Waals surface area (Å²) in [5.41, 5.74) is 2.85. The normalized spacial score (nSPS) is 14.1. The van der Waals surface area contributed by atoms with Gasteiger partial charge in [0, 0.05) is 44.4 Å². The molecule has 0 radical (unpaired) electrons. The van der Waals surface area contributed by atoms with Gasteiger partial charge < -0.3 is 14.5 Å². The highest BCUT2D eigenvalue weighted by Gasteiger charge is 2.25. The number of methoxy groups -OCH3 is 1. The number of thiazole rings is 1. The van der Waals surface area contributed by atoms with Gasteiger partial charge in [-0.05, 0) is 36.8 Å². The first kappa shape index (κ1) is 20.3. The number of hydrogen-bond acceptors (Lipinski definition) is 5. The third kappa shape index (κ3) is 4.46. The van der Waals surface area contributed by atoms with E-state index in [1.54, 1.807) is 19.2 Å². The number of hydrogen-bond donors (Lipinski definition) is 0. The Balaban J connectivity index is 1.40. The lowest BCUT2D eigenvalue weighted by Crippen LogP contribution is -2.48. The minimum absolute atomic E-state index is 0.0423. The molecule has 1 aromatic heterocycles. The van der Waals surface area contributed by atoms with Gasteiger partial charge in [0.1, 0.15) is 16.4 Å². The number of ether oxygens (including phenoxy) is 1. The van der Waals surface area contributed by atoms with Crippen molar-refractivity contribution in [3.63, 3.8) is 0 Å². The molecule has 5 nitrogen and oxygen atoms in total. The number of aromatic nitrogens is 1. The number of carbonyl (C=O) groups excluding carboxylic acids is 1. The molecule has 1 fully saturated rings. The first-order valence-corrected chi connectivity index (χ1v) is 10.7. The van der Waals surface area contributed by atoms with Gasteiger partial charge in [-0.1, -0.05) is 18.2 Å². The number of rotatable bonds is 5. The molecule has 0 atom stereocenters. The lowest BCUT2D eigenvalue weighted by Gasteiger charge is -2.36. The quantitative estimate of drug-likeness (QED) is 0.616. The molecule has 1 aliphatic rings. The van der Waals surface area contributed by atoms with Crippen molar-refractivity contribution in [2.24, 2.45) is 0 Å². The smallest absolute Gasteiger partial charge is 0.265 e. The highest BCUT2D eigenvalue weighted by Crippen LogP contribution is 2.25. The van der Waals surface area contributed by atoms with Crippen LogP contribution < -0.4 is 9.64 Å². The Bertz CT molecular complexity index is 1030. The van der Waals surface area contributed by atoms with Crippen LogP contribution in [-0.2, 0) is 6.42 Å². The van der Waals surface area contributed by atoms with E-state index in [0.29, 0.717) is 24.4 Å². The van der Waals surface area contributed by atoms with Gasteiger partial charge in [-0.25, -0.2) is 9.37 Å². The second kappa shape index (κ2) is 8.83. The summed E-state index contributed by atoms with van der Waals surface area (Å²) < 4.78 is 18.4. The molecule has 0 unspecified atom stereocenters. The second-order valence-electron chi connectivity index (χ2n) is 7.31. The Morgan fingerprint density at radius 3 is 2.57 bits per heavy atom. The molecule has 1 saturated heterocycles. The fourth-order valence-corrected chi connectivity index (χ4v) is 4.69. The van der Waals surface area contributed by atoms with Crippen molar-refractivity contribution in [1.82, 2.24) is 9.88 Å². The van der Waals surface area contributed by atoms with Gasteiger partial charge in [0.15, 0.2) is 0 Å². The summed E-state index contributed by atoms with van der Waals surface area (Å²) in [5.74, 6) is 0.624. The lowest BCUT2D eigenvalue weighted by molar-refractivity contribution is 0.0750. The van der Waals surface area contributed by atoms with Gasteiger partial charge in [0.25, 0.3) is 5.91 Å². The Labute approximate surface area is 179 Å². The Hall–Kier alpha value is -2.93. The molecule has 1 aliphatic heterocycles. The van der Waals surface area contributed by atoms with Gasteiger partial charge >= 0.3 is 0 Å². The summed E-state index contributed by atoms with van der Waals surface area (Å²) in [7, 11) is 1.66. The van der Waals surface area contributed by atoms with Crippen molar-refractivity contribution in [1.29, 1.82) is 0 Å². The number of piperazine rings is 1. The lowest BCUT2D eigenvalue weighted by atomic mass is 10.1. The van der Waals surface area contributed by atoms with E-state index >= 15 is 0 Å². The molecule has 156 valence electrons. The van der Waals surface area contributed by atoms with Gasteiger partial charge in [-0.15, -0.1) is 11.3 Å². The van der Waals surface area contributed by atoms with Crippen LogP contribution in [0.4, 0.5) is 10.1 Å². The van der Waals surface area contributed by atoms with Gasteiger partial charge in [0.2, 0.25) is 0 Å². The number of carbonyl (C=O) groups is 1. The third-order valence-electron chi connectivity index (χ3n) is 5.29. The van der Waals surface area contributed by atoms with Crippen LogP contribution in [0.2, 0.25) is 0 Å². The minimum atomic E-state index is -0.252. The summed E-state index contributed by atoms with van der Waals surface area (Å²) in [5, 5.41) is 0.873. The summed E-state index contributed by atoms with van der Waals surface area (Å²) in [4.78, 5) is 22.5. The number of halogens is 1. The van der Waals surface area contributed by atoms with Crippen LogP contribution in [0, 0.1) is 12.7 Å². The zero-order valence-electron chi connectivity index (χ0n) is 17.1. The first-order valence-electron chi connectivity index (χ1n) is 9.92. The van der Waals surface area contributed by atoms with E-state index in [2.05, 4.69) is 16.0 Å². The van der Waals surface area contributed by atoms with Crippen LogP contribution >= 0.6 is 11.3 Å². The number of nitrogens with zero attached hydrogens (tertiary/aromatic N) is 3. The molecule has 2 aromatic carbocycles. The van der Waals surface area contributed by atoms with E-state index < -0.39 is 0 Å². The molecular weight excluding hydrogens is 401 g/mol. The van der Waals surface area contributed by atoms with Gasteiger partial charge in [-0.3, -0.25) is 4.79 Å². The van der Waals surface area contributed by atoms with E-state index in [9.17, 15) is 9.18 Å². The minimum Gasteiger partial charge on any atom is -0.497 e. The predicted molar refractivity (Wildman–Crippen MR) is 117 cm³/mol. The van der Waals surface area contributed by atoms with Crippen LogP contribution in [-0.4, -0.2) is 49.1 Å². The topological polar surface area (TPSA) is 45.7 Å². The molecule has 0 bridgehead atoms. The van der Waals surface area contributed by atoms with Crippen molar-refractivity contribution in [3.05, 3.63) is 75.5 Å². The SMILES string of the molecule is COc1cccc(N2CCN(C(=O)c3sc(Cc4ccc(F)cc4)nc3C)CC2)c1. The van der Waals surface area contributed by atoms with Gasteiger partial charge in [-0.2, -0.15) is 0 Å². The van der Waals surface area contributed by atoms with E-state index in [1.165, 1.54) is 23.5 Å². The third-order valence-corrected chi connectivity index (χ3v) is 6.43. The zero-order chi connectivity index (χ0) is 21.1. The molecule has 3 aromatic rings. The number of anilines is 1. The molecule has 30 heavy (non-hydrogen) atoms. The molecule has 0 spiro atoms. The highest BCUT2D eigenvalue weighted by atomic mass is 32.1. The van der Waals surface area contributed by atoms with Crippen molar-refractivity contribution in [2.75, 3.05) is 38.2 Å². The molecule has 0 aliphatic carbocycles. The molecular formula is C23H24FN3O2S. The van der Waals surface area contributed by atoms with Crippen LogP contribution in [0.1, 0.15) is 25.9 Å². The Kier molecular flexibility index (Phi) is 5.99. The second-order valence-corrected chi connectivity index (χ2v) is 8.39. The fraction of sp³-hybridized carbons (Fsp3) is 0.304. The van der Waals surface area contributed by atoms with Crippen molar-refractivity contribution >= 4 is 22.9 Å². The molecule has 2 heterocycles. The van der Waals surface area contributed by atoms with E-state index in [4.69, 9.17) is 4.74 Å². The van der Waals surface area contributed by atoms with Crippen molar-refractivity contribution in [2.45, 2.75) is 13.3 Å². The molecule has 1 amide bonds. The summed E-state index contributed by atoms with van der Waals surface area (Å²) in [6.45, 7) is 4.77. The highest BCUT2D eigenvalue weighted by molar-refractivity contribution is 7.13. The van der Waals surface area contributed by atoms with Crippen LogP contribution in [0.3, 0.4) is 0 Å². The monoisotopic (exact) mass is 425 g/mol. The van der Waals surface area contributed by atoms with Crippen molar-refractivity contribution in [3.8, 4) is 5.75 Å².